The van der Waals surface area contributed by atoms with E-state index in [2.05, 4.69) is 11.4 Å². The lowest BCUT2D eigenvalue weighted by atomic mass is 9.99. The smallest absolute Gasteiger partial charge is 0.223 e. The lowest BCUT2D eigenvalue weighted by molar-refractivity contribution is -0.124. The van der Waals surface area contributed by atoms with Crippen LogP contribution in [0, 0.1) is 13.8 Å². The predicted octanol–water partition coefficient (Wildman–Crippen LogP) is 2.49. The Morgan fingerprint density at radius 1 is 1.33 bits per heavy atom. The Labute approximate surface area is 126 Å². The Morgan fingerprint density at radius 3 is 2.67 bits per heavy atom. The summed E-state index contributed by atoms with van der Waals surface area (Å²) < 4.78 is 5.67. The van der Waals surface area contributed by atoms with Crippen molar-refractivity contribution in [2.45, 2.75) is 51.5 Å². The first-order chi connectivity index (χ1) is 10.0. The standard InChI is InChI=1S/C17H25NO3/c1-13-5-6-15(14(2)11-13)21-10-7-16(20)18-17(12-19)8-3-4-9-17/h5-6,11,19H,3-4,7-10,12H2,1-2H3,(H,18,20). The van der Waals surface area contributed by atoms with Crippen LogP contribution < -0.4 is 10.1 Å². The van der Waals surface area contributed by atoms with Gasteiger partial charge in [-0.15, -0.1) is 0 Å². The first-order valence-electron chi connectivity index (χ1n) is 7.67. The fourth-order valence-corrected chi connectivity index (χ4v) is 2.95. The zero-order valence-electron chi connectivity index (χ0n) is 12.9. The molecule has 116 valence electrons. The third-order valence-electron chi connectivity index (χ3n) is 4.19. The van der Waals surface area contributed by atoms with Gasteiger partial charge in [0.2, 0.25) is 5.91 Å². The lowest BCUT2D eigenvalue weighted by Gasteiger charge is -2.28. The van der Waals surface area contributed by atoms with E-state index in [4.69, 9.17) is 4.74 Å². The third kappa shape index (κ3) is 4.21. The van der Waals surface area contributed by atoms with Gasteiger partial charge in [-0.25, -0.2) is 0 Å². The molecule has 0 saturated heterocycles. The summed E-state index contributed by atoms with van der Waals surface area (Å²) in [5.74, 6) is 0.779. The summed E-state index contributed by atoms with van der Waals surface area (Å²) in [7, 11) is 0. The molecule has 1 aromatic rings. The van der Waals surface area contributed by atoms with E-state index in [0.29, 0.717) is 13.0 Å². The summed E-state index contributed by atoms with van der Waals surface area (Å²) in [5, 5.41) is 12.5. The number of carbonyl (C=O) groups is 1. The number of rotatable bonds is 6. The molecule has 21 heavy (non-hydrogen) atoms. The van der Waals surface area contributed by atoms with Gasteiger partial charge >= 0.3 is 0 Å². The molecule has 2 rings (SSSR count). The molecule has 1 aliphatic rings. The molecule has 1 aromatic carbocycles. The Bertz CT molecular complexity index is 493. The van der Waals surface area contributed by atoms with E-state index < -0.39 is 5.54 Å². The maximum atomic E-state index is 12.0. The molecule has 0 heterocycles. The van der Waals surface area contributed by atoms with E-state index in [1.165, 1.54) is 5.56 Å². The summed E-state index contributed by atoms with van der Waals surface area (Å²) in [6.45, 7) is 4.43. The summed E-state index contributed by atoms with van der Waals surface area (Å²) in [4.78, 5) is 12.0. The number of ether oxygens (including phenoxy) is 1. The van der Waals surface area contributed by atoms with Gasteiger partial charge in [0.25, 0.3) is 0 Å². The van der Waals surface area contributed by atoms with E-state index in [1.54, 1.807) is 0 Å². The SMILES string of the molecule is Cc1ccc(OCCC(=O)NC2(CO)CCCC2)c(C)c1. The summed E-state index contributed by atoms with van der Waals surface area (Å²) in [6, 6.07) is 6.01. The average molecular weight is 291 g/mol. The number of aliphatic hydroxyl groups excluding tert-OH is 1. The van der Waals surface area contributed by atoms with Gasteiger partial charge in [-0.05, 0) is 38.3 Å². The molecule has 2 N–H and O–H groups in total. The topological polar surface area (TPSA) is 58.6 Å². The monoisotopic (exact) mass is 291 g/mol. The highest BCUT2D eigenvalue weighted by Crippen LogP contribution is 2.29. The average Bonchev–Trinajstić information content (AvgIpc) is 2.90. The van der Waals surface area contributed by atoms with Crippen molar-refractivity contribution in [1.29, 1.82) is 0 Å². The number of hydrogen-bond donors (Lipinski definition) is 2. The molecular weight excluding hydrogens is 266 g/mol. The van der Waals surface area contributed by atoms with Gasteiger partial charge in [-0.1, -0.05) is 30.5 Å². The lowest BCUT2D eigenvalue weighted by Crippen LogP contribution is -2.49. The second-order valence-corrected chi connectivity index (χ2v) is 6.06. The van der Waals surface area contributed by atoms with Crippen molar-refractivity contribution in [2.75, 3.05) is 13.2 Å². The van der Waals surface area contributed by atoms with Gasteiger partial charge in [-0.3, -0.25) is 4.79 Å². The largest absolute Gasteiger partial charge is 0.493 e. The Balaban J connectivity index is 1.79. The second kappa shape index (κ2) is 6.94. The minimum absolute atomic E-state index is 0.0245. The molecule has 0 unspecified atom stereocenters. The minimum atomic E-state index is -0.392. The molecule has 0 aromatic heterocycles. The summed E-state index contributed by atoms with van der Waals surface area (Å²) in [5.41, 5.74) is 1.89. The number of benzene rings is 1. The molecule has 0 atom stereocenters. The van der Waals surface area contributed by atoms with Crippen LogP contribution in [0.2, 0.25) is 0 Å². The molecule has 0 radical (unpaired) electrons. The fourth-order valence-electron chi connectivity index (χ4n) is 2.95. The fraction of sp³-hybridized carbons (Fsp3) is 0.588. The van der Waals surface area contributed by atoms with E-state index in [0.717, 1.165) is 37.0 Å². The van der Waals surface area contributed by atoms with Crippen LogP contribution in [0.5, 0.6) is 5.75 Å². The van der Waals surface area contributed by atoms with Crippen LogP contribution in [0.1, 0.15) is 43.2 Å². The molecule has 1 amide bonds. The van der Waals surface area contributed by atoms with Crippen molar-refractivity contribution in [2.24, 2.45) is 0 Å². The van der Waals surface area contributed by atoms with Crippen molar-refractivity contribution in [1.82, 2.24) is 5.32 Å². The zero-order valence-corrected chi connectivity index (χ0v) is 12.9. The van der Waals surface area contributed by atoms with Gasteiger partial charge in [0.1, 0.15) is 5.75 Å². The first-order valence-corrected chi connectivity index (χ1v) is 7.67. The van der Waals surface area contributed by atoms with Crippen LogP contribution in [-0.4, -0.2) is 29.8 Å². The van der Waals surface area contributed by atoms with E-state index in [9.17, 15) is 9.90 Å². The van der Waals surface area contributed by atoms with Gasteiger partial charge < -0.3 is 15.2 Å². The van der Waals surface area contributed by atoms with Crippen LogP contribution in [0.3, 0.4) is 0 Å². The maximum absolute atomic E-state index is 12.0. The van der Waals surface area contributed by atoms with E-state index in [1.807, 2.05) is 26.0 Å². The number of carbonyl (C=O) groups excluding carboxylic acids is 1. The highest BCUT2D eigenvalue weighted by Gasteiger charge is 2.34. The number of hydrogen-bond acceptors (Lipinski definition) is 3. The Hall–Kier alpha value is -1.55. The number of amides is 1. The highest BCUT2D eigenvalue weighted by atomic mass is 16.5. The van der Waals surface area contributed by atoms with Crippen LogP contribution >= 0.6 is 0 Å². The Kier molecular flexibility index (Phi) is 5.23. The summed E-state index contributed by atoms with van der Waals surface area (Å²) in [6.07, 6.45) is 4.19. The second-order valence-electron chi connectivity index (χ2n) is 6.06. The van der Waals surface area contributed by atoms with Gasteiger partial charge in [0.15, 0.2) is 0 Å². The van der Waals surface area contributed by atoms with Gasteiger partial charge in [0, 0.05) is 0 Å². The van der Waals surface area contributed by atoms with Crippen LogP contribution in [-0.2, 0) is 4.79 Å². The number of nitrogens with one attached hydrogen (secondary N) is 1. The van der Waals surface area contributed by atoms with Gasteiger partial charge in [-0.2, -0.15) is 0 Å². The first kappa shape index (κ1) is 15.8. The highest BCUT2D eigenvalue weighted by molar-refractivity contribution is 5.77. The zero-order chi connectivity index (χ0) is 15.3. The summed E-state index contributed by atoms with van der Waals surface area (Å²) >= 11 is 0. The molecule has 1 saturated carbocycles. The van der Waals surface area contributed by atoms with Crippen LogP contribution in [0.4, 0.5) is 0 Å². The molecule has 4 heteroatoms. The predicted molar refractivity (Wildman–Crippen MR) is 82.5 cm³/mol. The molecule has 1 aliphatic carbocycles. The van der Waals surface area contributed by atoms with Crippen molar-refractivity contribution in [3.8, 4) is 5.75 Å². The van der Waals surface area contributed by atoms with E-state index in [-0.39, 0.29) is 12.5 Å². The molecule has 1 fully saturated rings. The van der Waals surface area contributed by atoms with Crippen LogP contribution in [0.15, 0.2) is 18.2 Å². The third-order valence-corrected chi connectivity index (χ3v) is 4.19. The molecule has 0 bridgehead atoms. The normalized spacial score (nSPS) is 16.7. The maximum Gasteiger partial charge on any atom is 0.223 e. The van der Waals surface area contributed by atoms with E-state index >= 15 is 0 Å². The quantitative estimate of drug-likeness (QED) is 0.846. The van der Waals surface area contributed by atoms with Crippen molar-refractivity contribution < 1.29 is 14.6 Å². The van der Waals surface area contributed by atoms with Crippen molar-refractivity contribution in [3.63, 3.8) is 0 Å². The van der Waals surface area contributed by atoms with Gasteiger partial charge in [0.05, 0.1) is 25.2 Å². The molecule has 0 spiro atoms. The molecule has 4 nitrogen and oxygen atoms in total. The number of aryl methyl sites for hydroxylation is 2. The molecular formula is C17H25NO3. The molecule has 0 aliphatic heterocycles. The van der Waals surface area contributed by atoms with Crippen molar-refractivity contribution >= 4 is 5.91 Å². The van der Waals surface area contributed by atoms with Crippen molar-refractivity contribution in [3.05, 3.63) is 29.3 Å². The number of aliphatic hydroxyl groups is 1. The minimum Gasteiger partial charge on any atom is -0.493 e. The Morgan fingerprint density at radius 2 is 2.05 bits per heavy atom. The van der Waals surface area contributed by atoms with Crippen LogP contribution in [0.25, 0.3) is 0 Å².